The van der Waals surface area contributed by atoms with Crippen LogP contribution in [0.5, 0.6) is 5.75 Å². The summed E-state index contributed by atoms with van der Waals surface area (Å²) in [7, 11) is 1.62. The lowest BCUT2D eigenvalue weighted by Gasteiger charge is -2.16. The molecule has 0 aromatic heterocycles. The Morgan fingerprint density at radius 1 is 1.08 bits per heavy atom. The van der Waals surface area contributed by atoms with E-state index in [1.165, 1.54) is 0 Å². The summed E-state index contributed by atoms with van der Waals surface area (Å²) >= 11 is 0. The lowest BCUT2D eigenvalue weighted by atomic mass is 10.1. The number of guanidine groups is 1. The van der Waals surface area contributed by atoms with E-state index in [1.807, 2.05) is 61.5 Å². The topological polar surface area (TPSA) is 65.9 Å². The highest BCUT2D eigenvalue weighted by Crippen LogP contribution is 2.16. The molecule has 2 aromatic carbocycles. The highest BCUT2D eigenvalue weighted by atomic mass is 16.5. The Morgan fingerprint density at radius 3 is 2.42 bits per heavy atom. The first-order valence-electron chi connectivity index (χ1n) is 8.11. The molecule has 0 amide bonds. The first-order valence-corrected chi connectivity index (χ1v) is 8.11. The third-order valence-electron chi connectivity index (χ3n) is 3.57. The summed E-state index contributed by atoms with van der Waals surface area (Å²) in [4.78, 5) is 4.54. The first-order chi connectivity index (χ1) is 11.7. The number of methoxy groups -OCH3 is 1. The number of ether oxygens (including phenoxy) is 1. The fourth-order valence-corrected chi connectivity index (χ4v) is 2.23. The van der Waals surface area contributed by atoms with Crippen molar-refractivity contribution in [3.8, 4) is 5.75 Å². The number of aliphatic hydroxyl groups excluding tert-OH is 1. The van der Waals surface area contributed by atoms with Crippen molar-refractivity contribution in [1.29, 1.82) is 0 Å². The third-order valence-corrected chi connectivity index (χ3v) is 3.57. The van der Waals surface area contributed by atoms with E-state index in [0.717, 1.165) is 23.4 Å². The van der Waals surface area contributed by atoms with E-state index in [1.54, 1.807) is 7.11 Å². The zero-order chi connectivity index (χ0) is 17.2. The van der Waals surface area contributed by atoms with Gasteiger partial charge in [0.05, 0.1) is 19.8 Å². The first kappa shape index (κ1) is 17.8. The predicted octanol–water partition coefficient (Wildman–Crippen LogP) is 2.48. The number of nitrogens with one attached hydrogen (secondary N) is 2. The van der Waals surface area contributed by atoms with Gasteiger partial charge in [0.25, 0.3) is 0 Å². The number of benzene rings is 2. The highest BCUT2D eigenvalue weighted by Gasteiger charge is 2.08. The van der Waals surface area contributed by atoms with Crippen molar-refractivity contribution < 1.29 is 9.84 Å². The average molecular weight is 327 g/mol. The summed E-state index contributed by atoms with van der Waals surface area (Å²) in [5, 5.41) is 16.7. The number of aliphatic hydroxyl groups is 1. The van der Waals surface area contributed by atoms with Gasteiger partial charge in [-0.1, -0.05) is 42.5 Å². The summed E-state index contributed by atoms with van der Waals surface area (Å²) in [6, 6.07) is 17.5. The van der Waals surface area contributed by atoms with Gasteiger partial charge in [0.15, 0.2) is 5.96 Å². The minimum Gasteiger partial charge on any atom is -0.497 e. The van der Waals surface area contributed by atoms with Gasteiger partial charge in [-0.05, 0) is 30.2 Å². The van der Waals surface area contributed by atoms with Crippen molar-refractivity contribution >= 4 is 5.96 Å². The Balaban J connectivity index is 1.92. The van der Waals surface area contributed by atoms with Crippen LogP contribution in [-0.2, 0) is 6.54 Å². The lowest BCUT2D eigenvalue weighted by Crippen LogP contribution is -2.39. The zero-order valence-corrected chi connectivity index (χ0v) is 14.2. The maximum Gasteiger partial charge on any atom is 0.191 e. The van der Waals surface area contributed by atoms with Crippen LogP contribution in [0.15, 0.2) is 59.6 Å². The van der Waals surface area contributed by atoms with Crippen molar-refractivity contribution in [2.45, 2.75) is 19.6 Å². The van der Waals surface area contributed by atoms with Crippen molar-refractivity contribution in [2.75, 3.05) is 20.2 Å². The smallest absolute Gasteiger partial charge is 0.191 e. The molecule has 1 atom stereocenters. The SMILES string of the molecule is CCNC(=NCc1ccccc1)NCC(O)c1ccc(OC)cc1. The summed E-state index contributed by atoms with van der Waals surface area (Å²) in [5.74, 6) is 1.46. The molecule has 0 aliphatic carbocycles. The van der Waals surface area contributed by atoms with Gasteiger partial charge in [-0.25, -0.2) is 4.99 Å². The van der Waals surface area contributed by atoms with Crippen LogP contribution in [0.2, 0.25) is 0 Å². The van der Waals surface area contributed by atoms with Crippen LogP contribution in [-0.4, -0.2) is 31.3 Å². The molecule has 2 rings (SSSR count). The Bertz CT molecular complexity index is 627. The van der Waals surface area contributed by atoms with Crippen molar-refractivity contribution in [1.82, 2.24) is 10.6 Å². The van der Waals surface area contributed by atoms with E-state index < -0.39 is 6.10 Å². The average Bonchev–Trinajstić information content (AvgIpc) is 2.64. The van der Waals surface area contributed by atoms with Crippen LogP contribution in [0.25, 0.3) is 0 Å². The molecule has 0 saturated heterocycles. The van der Waals surface area contributed by atoms with E-state index >= 15 is 0 Å². The van der Waals surface area contributed by atoms with E-state index in [9.17, 15) is 5.11 Å². The van der Waals surface area contributed by atoms with E-state index in [4.69, 9.17) is 4.74 Å². The molecule has 0 fully saturated rings. The minimum absolute atomic E-state index is 0.382. The Hall–Kier alpha value is -2.53. The molecule has 0 saturated carbocycles. The summed E-state index contributed by atoms with van der Waals surface area (Å²) in [5.41, 5.74) is 1.98. The number of nitrogens with zero attached hydrogens (tertiary/aromatic N) is 1. The molecule has 2 aromatic rings. The molecule has 5 heteroatoms. The summed E-state index contributed by atoms with van der Waals surface area (Å²) in [6.07, 6.45) is -0.614. The number of aliphatic imine (C=N–C) groups is 1. The molecule has 1 unspecified atom stereocenters. The standard InChI is InChI=1S/C19H25N3O2/c1-3-20-19(21-13-15-7-5-4-6-8-15)22-14-18(23)16-9-11-17(24-2)12-10-16/h4-12,18,23H,3,13-14H2,1-2H3,(H2,20,21,22). The van der Waals surface area contributed by atoms with Gasteiger partial charge >= 0.3 is 0 Å². The van der Waals surface area contributed by atoms with Crippen LogP contribution >= 0.6 is 0 Å². The Kier molecular flexibility index (Phi) is 7.11. The third kappa shape index (κ3) is 5.59. The van der Waals surface area contributed by atoms with Crippen LogP contribution in [0.3, 0.4) is 0 Å². The number of hydrogen-bond acceptors (Lipinski definition) is 3. The van der Waals surface area contributed by atoms with Crippen molar-refractivity contribution in [2.24, 2.45) is 4.99 Å². The molecule has 0 aliphatic heterocycles. The fourth-order valence-electron chi connectivity index (χ4n) is 2.23. The van der Waals surface area contributed by atoms with Crippen LogP contribution < -0.4 is 15.4 Å². The Morgan fingerprint density at radius 2 is 1.79 bits per heavy atom. The zero-order valence-electron chi connectivity index (χ0n) is 14.2. The van der Waals surface area contributed by atoms with Gasteiger partial charge in [-0.2, -0.15) is 0 Å². The molecule has 0 spiro atoms. The van der Waals surface area contributed by atoms with Crippen molar-refractivity contribution in [3.63, 3.8) is 0 Å². The van der Waals surface area contributed by atoms with Crippen molar-refractivity contribution in [3.05, 3.63) is 65.7 Å². The van der Waals surface area contributed by atoms with Crippen LogP contribution in [0.1, 0.15) is 24.2 Å². The monoisotopic (exact) mass is 327 g/mol. The Labute approximate surface area is 143 Å². The second-order valence-electron chi connectivity index (χ2n) is 5.35. The predicted molar refractivity (Wildman–Crippen MR) is 97.2 cm³/mol. The van der Waals surface area contributed by atoms with Gasteiger partial charge < -0.3 is 20.5 Å². The minimum atomic E-state index is -0.614. The molecular formula is C19H25N3O2. The number of rotatable bonds is 7. The largest absolute Gasteiger partial charge is 0.497 e. The molecular weight excluding hydrogens is 302 g/mol. The maximum absolute atomic E-state index is 10.3. The molecule has 0 aliphatic rings. The van der Waals surface area contributed by atoms with Crippen LogP contribution in [0, 0.1) is 0 Å². The van der Waals surface area contributed by atoms with Gasteiger partial charge in [0, 0.05) is 13.1 Å². The summed E-state index contributed by atoms with van der Waals surface area (Å²) < 4.78 is 5.13. The highest BCUT2D eigenvalue weighted by molar-refractivity contribution is 5.79. The molecule has 128 valence electrons. The molecule has 0 bridgehead atoms. The quantitative estimate of drug-likeness (QED) is 0.540. The van der Waals surface area contributed by atoms with E-state index in [0.29, 0.717) is 19.0 Å². The van der Waals surface area contributed by atoms with Gasteiger partial charge in [0.2, 0.25) is 0 Å². The van der Waals surface area contributed by atoms with E-state index in [-0.39, 0.29) is 0 Å². The molecule has 3 N–H and O–H groups in total. The van der Waals surface area contributed by atoms with Gasteiger partial charge in [-0.3, -0.25) is 0 Å². The number of hydrogen-bond donors (Lipinski definition) is 3. The fraction of sp³-hybridized carbons (Fsp3) is 0.316. The maximum atomic E-state index is 10.3. The second-order valence-corrected chi connectivity index (χ2v) is 5.35. The molecule has 0 radical (unpaired) electrons. The van der Waals surface area contributed by atoms with Gasteiger partial charge in [-0.15, -0.1) is 0 Å². The molecule has 5 nitrogen and oxygen atoms in total. The summed E-state index contributed by atoms with van der Waals surface area (Å²) in [6.45, 7) is 3.75. The molecule has 24 heavy (non-hydrogen) atoms. The van der Waals surface area contributed by atoms with Gasteiger partial charge in [0.1, 0.15) is 5.75 Å². The molecule has 0 heterocycles. The van der Waals surface area contributed by atoms with Crippen LogP contribution in [0.4, 0.5) is 0 Å². The van der Waals surface area contributed by atoms with E-state index in [2.05, 4.69) is 15.6 Å². The normalized spacial score (nSPS) is 12.5. The lowest BCUT2D eigenvalue weighted by molar-refractivity contribution is 0.180. The second kappa shape index (κ2) is 9.57.